The number of nitrogens with zero attached hydrogens (tertiary/aromatic N) is 6. The van der Waals surface area contributed by atoms with Gasteiger partial charge in [-0.25, -0.2) is 9.97 Å². The third kappa shape index (κ3) is 5.07. The molecule has 6 rings (SSSR count). The van der Waals surface area contributed by atoms with Crippen molar-refractivity contribution in [2.75, 3.05) is 31.9 Å². The molecule has 42 heavy (non-hydrogen) atoms. The maximum Gasteiger partial charge on any atom is 0.245 e. The van der Waals surface area contributed by atoms with Crippen molar-refractivity contribution in [2.24, 2.45) is 13.0 Å². The van der Waals surface area contributed by atoms with Gasteiger partial charge in [-0.15, -0.1) is 0 Å². The number of fused-ring (bicyclic) bond motifs is 1. The molecule has 4 heterocycles. The van der Waals surface area contributed by atoms with E-state index in [2.05, 4.69) is 39.4 Å². The summed E-state index contributed by atoms with van der Waals surface area (Å²) in [5.41, 5.74) is 9.82. The Morgan fingerprint density at radius 2 is 1.90 bits per heavy atom. The normalized spacial score (nSPS) is 15.9. The third-order valence-corrected chi connectivity index (χ3v) is 8.13. The lowest BCUT2D eigenvalue weighted by molar-refractivity contribution is -0.127. The number of nitrogen functional groups attached to an aromatic ring is 1. The molecule has 0 spiro atoms. The van der Waals surface area contributed by atoms with E-state index >= 15 is 0 Å². The minimum atomic E-state index is 0.0112. The van der Waals surface area contributed by atoms with E-state index < -0.39 is 0 Å². The first-order valence-electron chi connectivity index (χ1n) is 14.0. The van der Waals surface area contributed by atoms with Crippen LogP contribution < -0.4 is 10.5 Å². The molecule has 2 aromatic carbocycles. The number of carbonyl (C=O) groups excluding carboxylic acids is 1. The Bertz CT molecular complexity index is 1760. The van der Waals surface area contributed by atoms with Crippen LogP contribution in [-0.4, -0.2) is 62.5 Å². The standard InChI is InChI=1S/C33H31N7O2/c1-3-29(41)39-15-13-25(14-16-39)40-19-22(20-40)9-11-27-30(31-32(35)36-21-37-33(31)38(27)2)23-10-12-28(24(17-23)18-34)42-26-7-5-4-6-8-26/h3-8,10,12,17,21-22,25H,1,13-16,19-20H2,2H3,(H2,35,36,37). The number of hydrogen-bond acceptors (Lipinski definition) is 7. The van der Waals surface area contributed by atoms with Crippen LogP contribution >= 0.6 is 0 Å². The van der Waals surface area contributed by atoms with Crippen LogP contribution in [0.2, 0.25) is 0 Å². The predicted molar refractivity (Wildman–Crippen MR) is 161 cm³/mol. The summed E-state index contributed by atoms with van der Waals surface area (Å²) in [5.74, 6) is 8.64. The van der Waals surface area contributed by atoms with Crippen molar-refractivity contribution in [1.82, 2.24) is 24.3 Å². The quantitative estimate of drug-likeness (QED) is 0.287. The predicted octanol–water partition coefficient (Wildman–Crippen LogP) is 4.34. The van der Waals surface area contributed by atoms with Gasteiger partial charge in [-0.1, -0.05) is 36.8 Å². The van der Waals surface area contributed by atoms with Crippen molar-refractivity contribution in [3.63, 3.8) is 0 Å². The zero-order valence-corrected chi connectivity index (χ0v) is 23.5. The summed E-state index contributed by atoms with van der Waals surface area (Å²) in [5, 5.41) is 10.7. The van der Waals surface area contributed by atoms with Crippen molar-refractivity contribution >= 4 is 22.8 Å². The van der Waals surface area contributed by atoms with Crippen LogP contribution in [0.4, 0.5) is 5.82 Å². The van der Waals surface area contributed by atoms with Crippen LogP contribution in [0.5, 0.6) is 11.5 Å². The van der Waals surface area contributed by atoms with Crippen molar-refractivity contribution in [2.45, 2.75) is 18.9 Å². The molecule has 0 aliphatic carbocycles. The Balaban J connectivity index is 1.27. The molecule has 2 N–H and O–H groups in total. The first-order valence-corrected chi connectivity index (χ1v) is 14.0. The van der Waals surface area contributed by atoms with Gasteiger partial charge in [-0.3, -0.25) is 9.69 Å². The number of nitrogens with two attached hydrogens (primary N) is 1. The van der Waals surface area contributed by atoms with Crippen molar-refractivity contribution in [3.8, 4) is 40.5 Å². The van der Waals surface area contributed by atoms with E-state index in [0.29, 0.717) is 40.0 Å². The molecule has 2 aromatic heterocycles. The minimum Gasteiger partial charge on any atom is -0.456 e. The highest BCUT2D eigenvalue weighted by atomic mass is 16.5. The lowest BCUT2D eigenvalue weighted by Gasteiger charge is -2.45. The number of benzene rings is 2. The number of likely N-dealkylation sites (tertiary alicyclic amines) is 2. The van der Waals surface area contributed by atoms with E-state index in [0.717, 1.165) is 55.8 Å². The molecule has 0 saturated carbocycles. The molecule has 0 radical (unpaired) electrons. The van der Waals surface area contributed by atoms with E-state index in [1.165, 1.54) is 12.4 Å². The Hall–Kier alpha value is -5.12. The molecule has 2 fully saturated rings. The number of anilines is 1. The van der Waals surface area contributed by atoms with Crippen molar-refractivity contribution in [1.29, 1.82) is 5.26 Å². The molecule has 2 aliphatic heterocycles. The molecule has 9 nitrogen and oxygen atoms in total. The van der Waals surface area contributed by atoms with Gasteiger partial charge < -0.3 is 19.9 Å². The maximum atomic E-state index is 11.9. The fourth-order valence-electron chi connectivity index (χ4n) is 5.83. The number of nitriles is 1. The molecule has 2 aliphatic rings. The van der Waals surface area contributed by atoms with Crippen LogP contribution in [0.25, 0.3) is 22.2 Å². The number of rotatable bonds is 5. The molecule has 9 heteroatoms. The van der Waals surface area contributed by atoms with Gasteiger partial charge in [0.1, 0.15) is 41.1 Å². The maximum absolute atomic E-state index is 11.9. The highest BCUT2D eigenvalue weighted by molar-refractivity contribution is 6.03. The molecule has 2 saturated heterocycles. The average Bonchev–Trinajstić information content (AvgIpc) is 3.29. The van der Waals surface area contributed by atoms with E-state index in [1.807, 2.05) is 52.9 Å². The zero-order chi connectivity index (χ0) is 29.2. The van der Waals surface area contributed by atoms with E-state index in [4.69, 9.17) is 10.5 Å². The number of ether oxygens (including phenoxy) is 1. The fraction of sp³-hybridized carbons (Fsp3) is 0.273. The molecule has 1 amide bonds. The van der Waals surface area contributed by atoms with E-state index in [1.54, 1.807) is 12.1 Å². The third-order valence-electron chi connectivity index (χ3n) is 8.13. The second-order valence-electron chi connectivity index (χ2n) is 10.7. The monoisotopic (exact) mass is 557 g/mol. The molecule has 4 aromatic rings. The lowest BCUT2D eigenvalue weighted by atomic mass is 9.93. The number of hydrogen-bond donors (Lipinski definition) is 1. The number of amides is 1. The molecule has 0 bridgehead atoms. The highest BCUT2D eigenvalue weighted by Crippen LogP contribution is 2.38. The van der Waals surface area contributed by atoms with Gasteiger partial charge in [0.15, 0.2) is 0 Å². The molecular formula is C33H31N7O2. The fourth-order valence-corrected chi connectivity index (χ4v) is 5.83. The summed E-state index contributed by atoms with van der Waals surface area (Å²) < 4.78 is 7.93. The van der Waals surface area contributed by atoms with Gasteiger partial charge in [0.2, 0.25) is 5.91 Å². The largest absolute Gasteiger partial charge is 0.456 e. The zero-order valence-electron chi connectivity index (χ0n) is 23.5. The smallest absolute Gasteiger partial charge is 0.245 e. The Morgan fingerprint density at radius 1 is 1.14 bits per heavy atom. The average molecular weight is 558 g/mol. The van der Waals surface area contributed by atoms with E-state index in [9.17, 15) is 10.1 Å². The summed E-state index contributed by atoms with van der Waals surface area (Å²) in [6, 6.07) is 17.6. The van der Waals surface area contributed by atoms with Crippen molar-refractivity contribution in [3.05, 3.63) is 78.8 Å². The topological polar surface area (TPSA) is 113 Å². The molecular weight excluding hydrogens is 526 g/mol. The minimum absolute atomic E-state index is 0.0112. The lowest BCUT2D eigenvalue weighted by Crippen LogP contribution is -2.55. The summed E-state index contributed by atoms with van der Waals surface area (Å²) >= 11 is 0. The van der Waals surface area contributed by atoms with E-state index in [-0.39, 0.29) is 11.8 Å². The first-order chi connectivity index (χ1) is 20.5. The molecule has 210 valence electrons. The SMILES string of the molecule is C=CC(=O)N1CCC(N2CC(C#Cc3c(-c4ccc(Oc5ccccc5)c(C#N)c4)c4c(N)ncnc4n3C)C2)CC1. The number of para-hydroxylation sites is 1. The molecule has 0 unspecified atom stereocenters. The van der Waals surface area contributed by atoms with Gasteiger partial charge in [-0.2, -0.15) is 5.26 Å². The highest BCUT2D eigenvalue weighted by Gasteiger charge is 2.34. The van der Waals surface area contributed by atoms with Gasteiger partial charge in [0.05, 0.1) is 10.9 Å². The second-order valence-corrected chi connectivity index (χ2v) is 10.7. The van der Waals surface area contributed by atoms with Gasteiger partial charge >= 0.3 is 0 Å². The van der Waals surface area contributed by atoms with Crippen LogP contribution in [0.15, 0.2) is 67.5 Å². The van der Waals surface area contributed by atoms with Gasteiger partial charge in [0.25, 0.3) is 0 Å². The van der Waals surface area contributed by atoms with Crippen LogP contribution in [0, 0.1) is 29.1 Å². The summed E-state index contributed by atoms with van der Waals surface area (Å²) in [7, 11) is 1.92. The van der Waals surface area contributed by atoms with Gasteiger partial charge in [-0.05, 0) is 54.7 Å². The number of aromatic nitrogens is 3. The van der Waals surface area contributed by atoms with Crippen LogP contribution in [0.3, 0.4) is 0 Å². The first kappa shape index (κ1) is 27.1. The Labute approximate surface area is 244 Å². The molecule has 0 atom stereocenters. The Morgan fingerprint density at radius 3 is 2.62 bits per heavy atom. The number of aryl methyl sites for hydroxylation is 1. The van der Waals surface area contributed by atoms with Crippen LogP contribution in [-0.2, 0) is 11.8 Å². The summed E-state index contributed by atoms with van der Waals surface area (Å²) in [6.45, 7) is 6.94. The van der Waals surface area contributed by atoms with Crippen LogP contribution in [0.1, 0.15) is 24.1 Å². The summed E-state index contributed by atoms with van der Waals surface area (Å²) in [6.07, 6.45) is 4.78. The number of piperidine rings is 1. The number of carbonyl (C=O) groups is 1. The second kappa shape index (κ2) is 11.4. The summed E-state index contributed by atoms with van der Waals surface area (Å²) in [4.78, 5) is 25.0. The van der Waals surface area contributed by atoms with Gasteiger partial charge in [0, 0.05) is 50.7 Å². The van der Waals surface area contributed by atoms with Crippen molar-refractivity contribution < 1.29 is 9.53 Å². The Kier molecular flexibility index (Phi) is 7.35.